The zero-order chi connectivity index (χ0) is 13.0. The average molecular weight is 308 g/mol. The average Bonchev–Trinajstić information content (AvgIpc) is 2.38. The van der Waals surface area contributed by atoms with Gasteiger partial charge in [-0.15, -0.1) is 0 Å². The van der Waals surface area contributed by atoms with Gasteiger partial charge in [0.2, 0.25) is 5.88 Å². The zero-order valence-corrected chi connectivity index (χ0v) is 11.9. The number of aromatic nitrogens is 2. The van der Waals surface area contributed by atoms with Crippen molar-refractivity contribution in [2.45, 2.75) is 13.5 Å². The molecule has 0 saturated heterocycles. The highest BCUT2D eigenvalue weighted by Gasteiger charge is 2.06. The Kier molecular flexibility index (Phi) is 4.15. The Morgan fingerprint density at radius 1 is 1.33 bits per heavy atom. The fraction of sp³-hybridized carbons (Fsp3) is 0.231. The second-order valence-electron chi connectivity index (χ2n) is 3.82. The van der Waals surface area contributed by atoms with Crippen molar-refractivity contribution < 1.29 is 4.74 Å². The molecule has 0 atom stereocenters. The minimum atomic E-state index is 0.487. The van der Waals surface area contributed by atoms with E-state index in [1.807, 2.05) is 38.2 Å². The summed E-state index contributed by atoms with van der Waals surface area (Å²) < 4.78 is 6.75. The summed E-state index contributed by atoms with van der Waals surface area (Å²) in [5.74, 6) is 1.39. The van der Waals surface area contributed by atoms with Gasteiger partial charge in [0.1, 0.15) is 18.8 Å². The standard InChI is InChI=1S/C13H14BrN3O/c1-9-12(15-2)16-8-17-13(9)18-7-10-4-3-5-11(14)6-10/h3-6,8H,7H2,1-2H3,(H,15,16,17). The van der Waals surface area contributed by atoms with Crippen LogP contribution in [0.1, 0.15) is 11.1 Å². The quantitative estimate of drug-likeness (QED) is 0.942. The predicted octanol–water partition coefficient (Wildman–Crippen LogP) is 3.17. The fourth-order valence-corrected chi connectivity index (χ4v) is 2.06. The van der Waals surface area contributed by atoms with Gasteiger partial charge >= 0.3 is 0 Å². The van der Waals surface area contributed by atoms with Gasteiger partial charge in [-0.2, -0.15) is 0 Å². The van der Waals surface area contributed by atoms with Crippen molar-refractivity contribution in [1.82, 2.24) is 9.97 Å². The van der Waals surface area contributed by atoms with E-state index in [9.17, 15) is 0 Å². The van der Waals surface area contributed by atoms with E-state index in [0.717, 1.165) is 21.4 Å². The van der Waals surface area contributed by atoms with E-state index < -0.39 is 0 Å². The molecule has 0 radical (unpaired) electrons. The van der Waals surface area contributed by atoms with E-state index in [2.05, 4.69) is 31.2 Å². The van der Waals surface area contributed by atoms with Gasteiger partial charge in [0.25, 0.3) is 0 Å². The van der Waals surface area contributed by atoms with E-state index in [-0.39, 0.29) is 0 Å². The molecule has 0 aliphatic heterocycles. The van der Waals surface area contributed by atoms with Gasteiger partial charge in [-0.1, -0.05) is 28.1 Å². The molecule has 94 valence electrons. The molecule has 5 heteroatoms. The van der Waals surface area contributed by atoms with Gasteiger partial charge in [-0.25, -0.2) is 9.97 Å². The van der Waals surface area contributed by atoms with Gasteiger partial charge in [-0.05, 0) is 24.6 Å². The van der Waals surface area contributed by atoms with Crippen LogP contribution in [-0.2, 0) is 6.61 Å². The Labute approximate surface area is 115 Å². The highest BCUT2D eigenvalue weighted by atomic mass is 79.9. The van der Waals surface area contributed by atoms with Crippen LogP contribution in [0.25, 0.3) is 0 Å². The fourth-order valence-electron chi connectivity index (χ4n) is 1.61. The van der Waals surface area contributed by atoms with Crippen molar-refractivity contribution in [2.75, 3.05) is 12.4 Å². The molecule has 1 N–H and O–H groups in total. The lowest BCUT2D eigenvalue weighted by molar-refractivity contribution is 0.291. The summed E-state index contributed by atoms with van der Waals surface area (Å²) in [7, 11) is 1.83. The van der Waals surface area contributed by atoms with Crippen LogP contribution in [0.5, 0.6) is 5.88 Å². The van der Waals surface area contributed by atoms with E-state index in [0.29, 0.717) is 12.5 Å². The third kappa shape index (κ3) is 2.98. The summed E-state index contributed by atoms with van der Waals surface area (Å²) in [5.41, 5.74) is 2.00. The molecule has 0 saturated carbocycles. The normalized spacial score (nSPS) is 10.2. The van der Waals surface area contributed by atoms with Crippen molar-refractivity contribution in [3.8, 4) is 5.88 Å². The summed E-state index contributed by atoms with van der Waals surface area (Å²) in [6.45, 7) is 2.42. The second-order valence-corrected chi connectivity index (χ2v) is 4.74. The largest absolute Gasteiger partial charge is 0.472 e. The number of nitrogens with one attached hydrogen (secondary N) is 1. The topological polar surface area (TPSA) is 47.0 Å². The molecule has 1 aromatic heterocycles. The summed E-state index contributed by atoms with van der Waals surface area (Å²) >= 11 is 3.43. The van der Waals surface area contributed by atoms with E-state index >= 15 is 0 Å². The van der Waals surface area contributed by atoms with Gasteiger partial charge < -0.3 is 10.1 Å². The molecule has 0 bridgehead atoms. The van der Waals surface area contributed by atoms with E-state index in [1.54, 1.807) is 0 Å². The Morgan fingerprint density at radius 3 is 2.89 bits per heavy atom. The van der Waals surface area contributed by atoms with E-state index in [1.165, 1.54) is 6.33 Å². The Bertz CT molecular complexity index is 546. The summed E-state index contributed by atoms with van der Waals surface area (Å²) in [6.07, 6.45) is 1.50. The van der Waals surface area contributed by atoms with E-state index in [4.69, 9.17) is 4.74 Å². The minimum absolute atomic E-state index is 0.487. The number of nitrogens with zero attached hydrogens (tertiary/aromatic N) is 2. The van der Waals surface area contributed by atoms with Gasteiger partial charge in [-0.3, -0.25) is 0 Å². The van der Waals surface area contributed by atoms with Crippen molar-refractivity contribution >= 4 is 21.7 Å². The number of hydrogen-bond acceptors (Lipinski definition) is 4. The Balaban J connectivity index is 2.11. The lowest BCUT2D eigenvalue weighted by Gasteiger charge is -2.10. The van der Waals surface area contributed by atoms with Gasteiger partial charge in [0, 0.05) is 11.5 Å². The first-order valence-corrected chi connectivity index (χ1v) is 6.36. The molecule has 2 aromatic rings. The monoisotopic (exact) mass is 307 g/mol. The molecule has 0 unspecified atom stereocenters. The summed E-state index contributed by atoms with van der Waals surface area (Å²) in [5, 5.41) is 3.00. The third-order valence-corrected chi connectivity index (χ3v) is 3.03. The van der Waals surface area contributed by atoms with Gasteiger partial charge in [0.15, 0.2) is 0 Å². The highest BCUT2D eigenvalue weighted by molar-refractivity contribution is 9.10. The van der Waals surface area contributed by atoms with Crippen LogP contribution >= 0.6 is 15.9 Å². The van der Waals surface area contributed by atoms with Crippen LogP contribution in [0.4, 0.5) is 5.82 Å². The Morgan fingerprint density at radius 2 is 2.17 bits per heavy atom. The molecular weight excluding hydrogens is 294 g/mol. The first-order chi connectivity index (χ1) is 8.70. The van der Waals surface area contributed by atoms with Crippen LogP contribution in [0.15, 0.2) is 35.1 Å². The number of benzene rings is 1. The van der Waals surface area contributed by atoms with Crippen LogP contribution < -0.4 is 10.1 Å². The number of hydrogen-bond donors (Lipinski definition) is 1. The first-order valence-electron chi connectivity index (χ1n) is 5.57. The molecule has 0 spiro atoms. The van der Waals surface area contributed by atoms with Crippen molar-refractivity contribution in [3.05, 3.63) is 46.2 Å². The number of halogens is 1. The smallest absolute Gasteiger partial charge is 0.221 e. The molecule has 1 heterocycles. The minimum Gasteiger partial charge on any atom is -0.472 e. The predicted molar refractivity (Wildman–Crippen MR) is 74.8 cm³/mol. The summed E-state index contributed by atoms with van der Waals surface area (Å²) in [4.78, 5) is 8.26. The number of anilines is 1. The van der Waals surface area contributed by atoms with Crippen LogP contribution in [-0.4, -0.2) is 17.0 Å². The van der Waals surface area contributed by atoms with Gasteiger partial charge in [0.05, 0.1) is 5.56 Å². The maximum absolute atomic E-state index is 5.71. The van der Waals surface area contributed by atoms with Crippen molar-refractivity contribution in [1.29, 1.82) is 0 Å². The maximum atomic E-state index is 5.71. The first kappa shape index (κ1) is 12.8. The molecule has 18 heavy (non-hydrogen) atoms. The SMILES string of the molecule is CNc1ncnc(OCc2cccc(Br)c2)c1C. The van der Waals surface area contributed by atoms with Crippen LogP contribution in [0.2, 0.25) is 0 Å². The zero-order valence-electron chi connectivity index (χ0n) is 10.3. The molecule has 0 aliphatic carbocycles. The molecule has 0 fully saturated rings. The third-order valence-electron chi connectivity index (χ3n) is 2.54. The summed E-state index contributed by atoms with van der Waals surface area (Å²) in [6, 6.07) is 8.00. The molecule has 0 aliphatic rings. The molecule has 1 aromatic carbocycles. The molecular formula is C13H14BrN3O. The lowest BCUT2D eigenvalue weighted by atomic mass is 10.2. The van der Waals surface area contributed by atoms with Crippen molar-refractivity contribution in [2.24, 2.45) is 0 Å². The van der Waals surface area contributed by atoms with Crippen LogP contribution in [0, 0.1) is 6.92 Å². The number of ether oxygens (including phenoxy) is 1. The number of rotatable bonds is 4. The molecule has 2 rings (SSSR count). The highest BCUT2D eigenvalue weighted by Crippen LogP contribution is 2.21. The molecule has 0 amide bonds. The van der Waals surface area contributed by atoms with Crippen LogP contribution in [0.3, 0.4) is 0 Å². The second kappa shape index (κ2) is 5.82. The molecule has 4 nitrogen and oxygen atoms in total. The van der Waals surface area contributed by atoms with Crippen molar-refractivity contribution in [3.63, 3.8) is 0 Å². The lowest BCUT2D eigenvalue weighted by Crippen LogP contribution is -2.03. The maximum Gasteiger partial charge on any atom is 0.221 e. The Hall–Kier alpha value is -1.62.